The van der Waals surface area contributed by atoms with E-state index >= 15 is 0 Å². The largest absolute Gasteiger partial charge is 0.310 e. The van der Waals surface area contributed by atoms with E-state index < -0.39 is 9.84 Å². The van der Waals surface area contributed by atoms with Crippen LogP contribution in [0.25, 0.3) is 0 Å². The summed E-state index contributed by atoms with van der Waals surface area (Å²) in [4.78, 5) is 0.554. The Hall–Kier alpha value is -0.870. The standard InChI is InChI=1S/C14H19NO2S/c1-10-8-9-15-14(10)12-4-2-3-5-13(12)18(16,17)11-6-7-11/h2-5,10-11,14-15H,6-9H2,1H3/t10-,14-/m1/s1. The van der Waals surface area contributed by atoms with E-state index in [1.807, 2.05) is 18.2 Å². The molecular weight excluding hydrogens is 246 g/mol. The highest BCUT2D eigenvalue weighted by molar-refractivity contribution is 7.92. The van der Waals surface area contributed by atoms with Gasteiger partial charge in [-0.05, 0) is 43.4 Å². The zero-order valence-electron chi connectivity index (χ0n) is 10.6. The van der Waals surface area contributed by atoms with E-state index in [0.29, 0.717) is 10.8 Å². The molecule has 98 valence electrons. The van der Waals surface area contributed by atoms with Crippen molar-refractivity contribution in [2.24, 2.45) is 5.92 Å². The van der Waals surface area contributed by atoms with Gasteiger partial charge in [0.05, 0.1) is 10.1 Å². The highest BCUT2D eigenvalue weighted by Gasteiger charge is 2.39. The Kier molecular flexibility index (Phi) is 2.94. The molecule has 1 heterocycles. The zero-order valence-corrected chi connectivity index (χ0v) is 11.4. The summed E-state index contributed by atoms with van der Waals surface area (Å²) in [5.74, 6) is 0.501. The van der Waals surface area contributed by atoms with Crippen molar-refractivity contribution in [3.05, 3.63) is 29.8 Å². The second-order valence-electron chi connectivity index (χ2n) is 5.48. The van der Waals surface area contributed by atoms with Gasteiger partial charge in [-0.15, -0.1) is 0 Å². The molecule has 2 fully saturated rings. The number of hydrogen-bond acceptors (Lipinski definition) is 3. The topological polar surface area (TPSA) is 46.2 Å². The van der Waals surface area contributed by atoms with Gasteiger partial charge in [-0.25, -0.2) is 8.42 Å². The van der Waals surface area contributed by atoms with Crippen LogP contribution in [0.1, 0.15) is 37.8 Å². The van der Waals surface area contributed by atoms with Gasteiger partial charge in [0.1, 0.15) is 0 Å². The fourth-order valence-electron chi connectivity index (χ4n) is 2.81. The fourth-order valence-corrected chi connectivity index (χ4v) is 4.71. The molecule has 1 aliphatic carbocycles. The van der Waals surface area contributed by atoms with Crippen LogP contribution in [0.2, 0.25) is 0 Å². The number of nitrogens with one attached hydrogen (secondary N) is 1. The van der Waals surface area contributed by atoms with Gasteiger partial charge in [0.2, 0.25) is 0 Å². The van der Waals surface area contributed by atoms with Crippen molar-refractivity contribution in [3.8, 4) is 0 Å². The van der Waals surface area contributed by atoms with Crippen LogP contribution in [0.5, 0.6) is 0 Å². The monoisotopic (exact) mass is 265 g/mol. The van der Waals surface area contributed by atoms with Gasteiger partial charge in [-0.1, -0.05) is 25.1 Å². The van der Waals surface area contributed by atoms with Crippen molar-refractivity contribution in [1.82, 2.24) is 5.32 Å². The number of rotatable bonds is 3. The SMILES string of the molecule is C[C@@H]1CCN[C@H]1c1ccccc1S(=O)(=O)C1CC1. The molecule has 0 bridgehead atoms. The molecule has 1 saturated carbocycles. The van der Waals surface area contributed by atoms with Crippen molar-refractivity contribution in [2.45, 2.75) is 42.4 Å². The summed E-state index contributed by atoms with van der Waals surface area (Å²) in [5.41, 5.74) is 0.967. The molecule has 1 aromatic carbocycles. The summed E-state index contributed by atoms with van der Waals surface area (Å²) >= 11 is 0. The van der Waals surface area contributed by atoms with Gasteiger partial charge in [0.25, 0.3) is 0 Å². The molecule has 18 heavy (non-hydrogen) atoms. The normalized spacial score (nSPS) is 28.5. The van der Waals surface area contributed by atoms with Gasteiger partial charge in [-0.2, -0.15) is 0 Å². The minimum absolute atomic E-state index is 0.129. The molecule has 0 radical (unpaired) electrons. The van der Waals surface area contributed by atoms with Crippen LogP contribution in [-0.4, -0.2) is 20.2 Å². The zero-order chi connectivity index (χ0) is 12.8. The van der Waals surface area contributed by atoms with Crippen molar-refractivity contribution >= 4 is 9.84 Å². The average molecular weight is 265 g/mol. The summed E-state index contributed by atoms with van der Waals surface area (Å²) < 4.78 is 24.9. The van der Waals surface area contributed by atoms with Gasteiger partial charge >= 0.3 is 0 Å². The van der Waals surface area contributed by atoms with Gasteiger partial charge in [0, 0.05) is 6.04 Å². The predicted octanol–water partition coefficient (Wildman–Crippen LogP) is 2.29. The van der Waals surface area contributed by atoms with Crippen LogP contribution in [0.15, 0.2) is 29.2 Å². The summed E-state index contributed by atoms with van der Waals surface area (Å²) in [6.45, 7) is 3.16. The van der Waals surface area contributed by atoms with Crippen LogP contribution < -0.4 is 5.32 Å². The molecule has 2 atom stereocenters. The van der Waals surface area contributed by atoms with Crippen molar-refractivity contribution < 1.29 is 8.42 Å². The molecule has 3 rings (SSSR count). The third-order valence-corrected chi connectivity index (χ3v) is 6.39. The van der Waals surface area contributed by atoms with Crippen LogP contribution in [0, 0.1) is 5.92 Å². The number of hydrogen-bond donors (Lipinski definition) is 1. The van der Waals surface area contributed by atoms with Crippen LogP contribution in [-0.2, 0) is 9.84 Å². The van der Waals surface area contributed by atoms with E-state index in [-0.39, 0.29) is 11.3 Å². The first-order chi connectivity index (χ1) is 8.60. The molecule has 0 aromatic heterocycles. The lowest BCUT2D eigenvalue weighted by atomic mass is 9.96. The fraction of sp³-hybridized carbons (Fsp3) is 0.571. The molecule has 0 unspecified atom stereocenters. The maximum Gasteiger partial charge on any atom is 0.181 e. The third kappa shape index (κ3) is 1.97. The van der Waals surface area contributed by atoms with Crippen LogP contribution >= 0.6 is 0 Å². The summed E-state index contributed by atoms with van der Waals surface area (Å²) in [6, 6.07) is 7.70. The number of benzene rings is 1. The molecule has 1 N–H and O–H groups in total. The lowest BCUT2D eigenvalue weighted by Gasteiger charge is -2.19. The minimum Gasteiger partial charge on any atom is -0.310 e. The van der Waals surface area contributed by atoms with E-state index in [1.54, 1.807) is 6.07 Å². The van der Waals surface area contributed by atoms with E-state index in [2.05, 4.69) is 12.2 Å². The quantitative estimate of drug-likeness (QED) is 0.912. The summed E-state index contributed by atoms with van der Waals surface area (Å²) in [7, 11) is -3.10. The van der Waals surface area contributed by atoms with E-state index in [9.17, 15) is 8.42 Å². The van der Waals surface area contributed by atoms with Gasteiger partial charge < -0.3 is 5.32 Å². The Balaban J connectivity index is 2.05. The average Bonchev–Trinajstić information content (AvgIpc) is 3.13. The Morgan fingerprint density at radius 1 is 1.17 bits per heavy atom. The molecular formula is C14H19NO2S. The molecule has 1 aromatic rings. The Bertz CT molecular complexity index is 549. The van der Waals surface area contributed by atoms with Crippen LogP contribution in [0.4, 0.5) is 0 Å². The van der Waals surface area contributed by atoms with Gasteiger partial charge in [0.15, 0.2) is 9.84 Å². The highest BCUT2D eigenvalue weighted by atomic mass is 32.2. The molecule has 1 aliphatic heterocycles. The van der Waals surface area contributed by atoms with Crippen molar-refractivity contribution in [3.63, 3.8) is 0 Å². The Morgan fingerprint density at radius 3 is 2.50 bits per heavy atom. The molecule has 0 amide bonds. The maximum absolute atomic E-state index is 12.5. The van der Waals surface area contributed by atoms with E-state index in [1.165, 1.54) is 0 Å². The molecule has 4 heteroatoms. The molecule has 3 nitrogen and oxygen atoms in total. The van der Waals surface area contributed by atoms with Crippen molar-refractivity contribution in [1.29, 1.82) is 0 Å². The summed E-state index contributed by atoms with van der Waals surface area (Å²) in [5, 5.41) is 3.30. The second-order valence-corrected chi connectivity index (χ2v) is 7.68. The van der Waals surface area contributed by atoms with Crippen molar-refractivity contribution in [2.75, 3.05) is 6.54 Å². The molecule has 1 saturated heterocycles. The van der Waals surface area contributed by atoms with E-state index in [0.717, 1.165) is 31.4 Å². The summed E-state index contributed by atoms with van der Waals surface area (Å²) in [6.07, 6.45) is 2.76. The first-order valence-corrected chi connectivity index (χ1v) is 8.21. The maximum atomic E-state index is 12.5. The first-order valence-electron chi connectivity index (χ1n) is 6.67. The van der Waals surface area contributed by atoms with Gasteiger partial charge in [-0.3, -0.25) is 0 Å². The second kappa shape index (κ2) is 4.35. The predicted molar refractivity (Wildman–Crippen MR) is 71.2 cm³/mol. The smallest absolute Gasteiger partial charge is 0.181 e. The van der Waals surface area contributed by atoms with Crippen LogP contribution in [0.3, 0.4) is 0 Å². The Morgan fingerprint density at radius 2 is 1.89 bits per heavy atom. The Labute approximate surface area is 109 Å². The lowest BCUT2D eigenvalue weighted by molar-refractivity contribution is 0.494. The third-order valence-electron chi connectivity index (χ3n) is 4.06. The highest BCUT2D eigenvalue weighted by Crippen LogP contribution is 2.39. The van der Waals surface area contributed by atoms with E-state index in [4.69, 9.17) is 0 Å². The first kappa shape index (κ1) is 12.2. The lowest BCUT2D eigenvalue weighted by Crippen LogP contribution is -2.20. The molecule has 2 aliphatic rings. The minimum atomic E-state index is -3.10. The molecule has 0 spiro atoms. The number of sulfone groups is 1.